The van der Waals surface area contributed by atoms with E-state index in [0.717, 1.165) is 5.56 Å². The summed E-state index contributed by atoms with van der Waals surface area (Å²) in [6.07, 6.45) is 1.57. The number of nitriles is 1. The normalized spacial score (nSPS) is 10.8. The quantitative estimate of drug-likeness (QED) is 0.737. The van der Waals surface area contributed by atoms with Crippen LogP contribution < -0.4 is 0 Å². The van der Waals surface area contributed by atoms with Gasteiger partial charge in [0, 0.05) is 0 Å². The second kappa shape index (κ2) is 5.86. The number of nitrogens with zero attached hydrogens (tertiary/aromatic N) is 4. The van der Waals surface area contributed by atoms with Crippen LogP contribution in [0.15, 0.2) is 47.1 Å². The maximum Gasteiger partial charge on any atom is 0.193 e. The molecule has 22 heavy (non-hydrogen) atoms. The molecule has 3 aromatic rings. The fraction of sp³-hybridized carbons (Fsp3) is 0.235. The number of benzene rings is 1. The van der Waals surface area contributed by atoms with E-state index in [1.165, 1.54) is 5.56 Å². The minimum atomic E-state index is 0.272. The summed E-state index contributed by atoms with van der Waals surface area (Å²) >= 11 is 0. The highest BCUT2D eigenvalue weighted by atomic mass is 16.3. The van der Waals surface area contributed by atoms with Crippen LogP contribution in [-0.2, 0) is 6.54 Å². The largest absolute Gasteiger partial charge is 0.463 e. The molecule has 0 radical (unpaired) electrons. The Hall–Kier alpha value is -2.87. The van der Waals surface area contributed by atoms with Gasteiger partial charge in [-0.3, -0.25) is 0 Å². The van der Waals surface area contributed by atoms with Crippen LogP contribution in [0.25, 0.3) is 11.5 Å². The standard InChI is InChI=1S/C17H16N4O/c1-12(2)14-7-5-13(6-8-14)11-21-17(15(10-18)19-20-21)16-4-3-9-22-16/h3-9,12H,11H2,1-2H3. The average Bonchev–Trinajstić information content (AvgIpc) is 3.16. The van der Waals surface area contributed by atoms with Gasteiger partial charge in [0.15, 0.2) is 11.5 Å². The zero-order valence-corrected chi connectivity index (χ0v) is 12.5. The van der Waals surface area contributed by atoms with Crippen LogP contribution in [0.1, 0.15) is 36.6 Å². The van der Waals surface area contributed by atoms with Crippen LogP contribution in [0.2, 0.25) is 0 Å². The second-order valence-corrected chi connectivity index (χ2v) is 5.43. The molecule has 0 aliphatic rings. The number of aromatic nitrogens is 3. The molecule has 0 saturated carbocycles. The Morgan fingerprint density at radius 3 is 2.59 bits per heavy atom. The molecule has 1 aromatic carbocycles. The van der Waals surface area contributed by atoms with Gasteiger partial charge in [-0.2, -0.15) is 5.26 Å². The van der Waals surface area contributed by atoms with Crippen molar-refractivity contribution in [3.05, 3.63) is 59.5 Å². The van der Waals surface area contributed by atoms with Crippen LogP contribution in [0.5, 0.6) is 0 Å². The molecule has 0 aliphatic carbocycles. The Labute approximate surface area is 128 Å². The molecular weight excluding hydrogens is 276 g/mol. The van der Waals surface area contributed by atoms with Gasteiger partial charge in [-0.15, -0.1) is 5.10 Å². The van der Waals surface area contributed by atoms with Gasteiger partial charge >= 0.3 is 0 Å². The van der Waals surface area contributed by atoms with Crippen molar-refractivity contribution in [2.75, 3.05) is 0 Å². The van der Waals surface area contributed by atoms with Gasteiger partial charge in [0.25, 0.3) is 0 Å². The van der Waals surface area contributed by atoms with Crippen molar-refractivity contribution in [3.8, 4) is 17.5 Å². The summed E-state index contributed by atoms with van der Waals surface area (Å²) in [5.74, 6) is 1.10. The summed E-state index contributed by atoms with van der Waals surface area (Å²) in [6.45, 7) is 4.88. The Bertz CT molecular complexity index is 792. The summed E-state index contributed by atoms with van der Waals surface area (Å²) in [4.78, 5) is 0. The van der Waals surface area contributed by atoms with Gasteiger partial charge in [-0.1, -0.05) is 43.3 Å². The number of furan rings is 1. The van der Waals surface area contributed by atoms with Gasteiger partial charge in [-0.05, 0) is 29.2 Å². The predicted octanol–water partition coefficient (Wildman–Crippen LogP) is 3.58. The minimum absolute atomic E-state index is 0.272. The summed E-state index contributed by atoms with van der Waals surface area (Å²) < 4.78 is 7.09. The number of hydrogen-bond acceptors (Lipinski definition) is 4. The Kier molecular flexibility index (Phi) is 3.75. The SMILES string of the molecule is CC(C)c1ccc(Cn2nnc(C#N)c2-c2ccco2)cc1. The molecule has 5 nitrogen and oxygen atoms in total. The molecule has 110 valence electrons. The lowest BCUT2D eigenvalue weighted by molar-refractivity contribution is 0.566. The molecule has 2 heterocycles. The lowest BCUT2D eigenvalue weighted by atomic mass is 10.0. The highest BCUT2D eigenvalue weighted by molar-refractivity contribution is 5.59. The molecule has 0 aliphatic heterocycles. The van der Waals surface area contributed by atoms with Gasteiger partial charge in [-0.25, -0.2) is 4.68 Å². The van der Waals surface area contributed by atoms with Crippen molar-refractivity contribution in [3.63, 3.8) is 0 Å². The van der Waals surface area contributed by atoms with E-state index in [1.807, 2.05) is 0 Å². The van der Waals surface area contributed by atoms with Crippen molar-refractivity contribution in [2.45, 2.75) is 26.3 Å². The Morgan fingerprint density at radius 1 is 1.23 bits per heavy atom. The van der Waals surface area contributed by atoms with E-state index in [4.69, 9.17) is 4.42 Å². The summed E-state index contributed by atoms with van der Waals surface area (Å²) in [5, 5.41) is 17.2. The first-order valence-corrected chi connectivity index (χ1v) is 7.15. The highest BCUT2D eigenvalue weighted by Gasteiger charge is 2.17. The van der Waals surface area contributed by atoms with Crippen molar-refractivity contribution >= 4 is 0 Å². The Morgan fingerprint density at radius 2 is 2.00 bits per heavy atom. The monoisotopic (exact) mass is 292 g/mol. The van der Waals surface area contributed by atoms with Crippen LogP contribution >= 0.6 is 0 Å². The first kappa shape index (κ1) is 14.1. The van der Waals surface area contributed by atoms with E-state index in [-0.39, 0.29) is 5.69 Å². The molecule has 0 amide bonds. The molecule has 0 bridgehead atoms. The number of hydrogen-bond donors (Lipinski definition) is 0. The molecule has 3 rings (SSSR count). The van der Waals surface area contributed by atoms with E-state index in [9.17, 15) is 5.26 Å². The lowest BCUT2D eigenvalue weighted by Crippen LogP contribution is -2.04. The maximum absolute atomic E-state index is 9.19. The smallest absolute Gasteiger partial charge is 0.193 e. The first-order chi connectivity index (χ1) is 10.7. The van der Waals surface area contributed by atoms with E-state index >= 15 is 0 Å². The topological polar surface area (TPSA) is 67.6 Å². The predicted molar refractivity (Wildman–Crippen MR) is 82.1 cm³/mol. The first-order valence-electron chi connectivity index (χ1n) is 7.15. The molecule has 0 atom stereocenters. The van der Waals surface area contributed by atoms with Crippen LogP contribution in [-0.4, -0.2) is 15.0 Å². The third-order valence-electron chi connectivity index (χ3n) is 3.57. The van der Waals surface area contributed by atoms with Crippen LogP contribution in [0, 0.1) is 11.3 Å². The molecule has 0 N–H and O–H groups in total. The van der Waals surface area contributed by atoms with Crippen molar-refractivity contribution < 1.29 is 4.42 Å². The van der Waals surface area contributed by atoms with Crippen molar-refractivity contribution in [2.24, 2.45) is 0 Å². The van der Waals surface area contributed by atoms with E-state index in [1.54, 1.807) is 23.1 Å². The zero-order chi connectivity index (χ0) is 15.5. The molecular formula is C17H16N4O. The Balaban J connectivity index is 1.93. The third-order valence-corrected chi connectivity index (χ3v) is 3.57. The zero-order valence-electron chi connectivity index (χ0n) is 12.5. The second-order valence-electron chi connectivity index (χ2n) is 5.43. The van der Waals surface area contributed by atoms with Crippen LogP contribution in [0.4, 0.5) is 0 Å². The van der Waals surface area contributed by atoms with Gasteiger partial charge in [0.05, 0.1) is 12.8 Å². The van der Waals surface area contributed by atoms with E-state index < -0.39 is 0 Å². The van der Waals surface area contributed by atoms with Crippen molar-refractivity contribution in [1.82, 2.24) is 15.0 Å². The third kappa shape index (κ3) is 2.63. The summed E-state index contributed by atoms with van der Waals surface area (Å²) in [6, 6.07) is 14.0. The molecule has 5 heteroatoms. The molecule has 0 spiro atoms. The van der Waals surface area contributed by atoms with E-state index in [2.05, 4.69) is 54.5 Å². The summed E-state index contributed by atoms with van der Waals surface area (Å²) in [7, 11) is 0. The van der Waals surface area contributed by atoms with E-state index in [0.29, 0.717) is 23.9 Å². The molecule has 2 aromatic heterocycles. The molecule has 0 unspecified atom stereocenters. The fourth-order valence-corrected chi connectivity index (χ4v) is 2.34. The van der Waals surface area contributed by atoms with Gasteiger partial charge in [0.2, 0.25) is 0 Å². The minimum Gasteiger partial charge on any atom is -0.463 e. The van der Waals surface area contributed by atoms with Crippen molar-refractivity contribution in [1.29, 1.82) is 5.26 Å². The average molecular weight is 292 g/mol. The maximum atomic E-state index is 9.19. The van der Waals surface area contributed by atoms with Gasteiger partial charge < -0.3 is 4.42 Å². The van der Waals surface area contributed by atoms with Crippen LogP contribution in [0.3, 0.4) is 0 Å². The lowest BCUT2D eigenvalue weighted by Gasteiger charge is -2.08. The molecule has 0 fully saturated rings. The number of rotatable bonds is 4. The summed E-state index contributed by atoms with van der Waals surface area (Å²) in [5.41, 5.74) is 3.28. The fourth-order valence-electron chi connectivity index (χ4n) is 2.34. The van der Waals surface area contributed by atoms with Gasteiger partial charge in [0.1, 0.15) is 11.8 Å². The molecule has 0 saturated heterocycles. The highest BCUT2D eigenvalue weighted by Crippen LogP contribution is 2.23.